The zero-order valence-corrected chi connectivity index (χ0v) is 17.0. The van der Waals surface area contributed by atoms with Crippen molar-refractivity contribution in [1.29, 1.82) is 0 Å². The summed E-state index contributed by atoms with van der Waals surface area (Å²) in [5.74, 6) is 0.993. The highest BCUT2D eigenvalue weighted by atomic mass is 35.5. The van der Waals surface area contributed by atoms with Crippen LogP contribution in [0.5, 0.6) is 0 Å². The molecule has 1 aromatic rings. The van der Waals surface area contributed by atoms with E-state index in [4.69, 9.17) is 16.3 Å². The van der Waals surface area contributed by atoms with E-state index in [2.05, 4.69) is 16.5 Å². The number of amides is 1. The van der Waals surface area contributed by atoms with Crippen LogP contribution in [-0.4, -0.2) is 66.9 Å². The monoisotopic (exact) mass is 397 g/mol. The van der Waals surface area contributed by atoms with E-state index < -0.39 is 0 Å². The van der Waals surface area contributed by atoms with E-state index in [1.165, 1.54) is 12.8 Å². The minimum Gasteiger partial charge on any atom is -0.377 e. The minimum atomic E-state index is 0.0262. The molecule has 2 heterocycles. The van der Waals surface area contributed by atoms with E-state index in [1.54, 1.807) is 11.9 Å². The quantitative estimate of drug-likeness (QED) is 0.740. The number of nitrogens with zero attached hydrogens (tertiary/aromatic N) is 2. The van der Waals surface area contributed by atoms with E-state index in [0.29, 0.717) is 16.7 Å². The first-order valence-corrected chi connectivity index (χ1v) is 10.8. The van der Waals surface area contributed by atoms with Crippen LogP contribution >= 0.6 is 23.5 Å². The Hall–Kier alpha value is -0.950. The largest absolute Gasteiger partial charge is 0.377 e. The molecule has 1 N–H and O–H groups in total. The van der Waals surface area contributed by atoms with Crippen LogP contribution in [0.4, 0.5) is 5.69 Å². The minimum absolute atomic E-state index is 0.0262. The average Bonchev–Trinajstić information content (AvgIpc) is 2.67. The van der Waals surface area contributed by atoms with Crippen molar-refractivity contribution >= 4 is 35.1 Å². The first kappa shape index (κ1) is 19.8. The van der Waals surface area contributed by atoms with Gasteiger partial charge in [0.25, 0.3) is 5.91 Å². The molecule has 2 aliphatic heterocycles. The highest BCUT2D eigenvalue weighted by molar-refractivity contribution is 8.00. The Balaban J connectivity index is 1.51. The van der Waals surface area contributed by atoms with Crippen LogP contribution in [0.15, 0.2) is 18.2 Å². The molecule has 7 heteroatoms. The van der Waals surface area contributed by atoms with Crippen molar-refractivity contribution in [2.45, 2.75) is 32.3 Å². The Labute approximate surface area is 165 Å². The molecule has 0 saturated carbocycles. The molecule has 2 fully saturated rings. The smallest absolute Gasteiger partial charge is 0.255 e. The molecule has 1 amide bonds. The number of piperazine rings is 1. The van der Waals surface area contributed by atoms with Crippen LogP contribution in [0, 0.1) is 0 Å². The molecule has 0 radical (unpaired) electrons. The van der Waals surface area contributed by atoms with Gasteiger partial charge in [-0.05, 0) is 37.5 Å². The summed E-state index contributed by atoms with van der Waals surface area (Å²) in [4.78, 5) is 17.1. The van der Waals surface area contributed by atoms with Crippen LogP contribution in [0.3, 0.4) is 0 Å². The summed E-state index contributed by atoms with van der Waals surface area (Å²) >= 11 is 7.96. The van der Waals surface area contributed by atoms with Gasteiger partial charge in [-0.15, -0.1) is 0 Å². The van der Waals surface area contributed by atoms with Gasteiger partial charge in [0, 0.05) is 50.8 Å². The maximum Gasteiger partial charge on any atom is 0.255 e. The van der Waals surface area contributed by atoms with Gasteiger partial charge in [0.05, 0.1) is 16.7 Å². The SMILES string of the molecule is CCSNc1ccc(C(=O)N2CCN(CC3CCCCO3)CC2)c(Cl)c1. The fourth-order valence-electron chi connectivity index (χ4n) is 3.45. The Kier molecular flexibility index (Phi) is 7.49. The van der Waals surface area contributed by atoms with Crippen LogP contribution in [0.2, 0.25) is 5.02 Å². The molecule has 26 heavy (non-hydrogen) atoms. The molecule has 0 spiro atoms. The molecule has 144 valence electrons. The Morgan fingerprint density at radius 2 is 2.12 bits per heavy atom. The van der Waals surface area contributed by atoms with E-state index in [1.807, 2.05) is 23.1 Å². The number of nitrogens with one attached hydrogen (secondary N) is 1. The molecule has 5 nitrogen and oxygen atoms in total. The lowest BCUT2D eigenvalue weighted by atomic mass is 10.1. The van der Waals surface area contributed by atoms with Gasteiger partial charge in [-0.1, -0.05) is 30.5 Å². The van der Waals surface area contributed by atoms with Crippen molar-refractivity contribution in [2.24, 2.45) is 0 Å². The number of carbonyl (C=O) groups is 1. The topological polar surface area (TPSA) is 44.8 Å². The molecule has 0 aliphatic carbocycles. The molecule has 0 aromatic heterocycles. The van der Waals surface area contributed by atoms with Gasteiger partial charge in [0.15, 0.2) is 0 Å². The third kappa shape index (κ3) is 5.28. The molecule has 1 unspecified atom stereocenters. The van der Waals surface area contributed by atoms with Crippen molar-refractivity contribution in [3.8, 4) is 0 Å². The van der Waals surface area contributed by atoms with Crippen molar-refractivity contribution in [3.63, 3.8) is 0 Å². The van der Waals surface area contributed by atoms with Gasteiger partial charge in [-0.25, -0.2) is 0 Å². The standard InChI is InChI=1S/C19H28ClN3O2S/c1-2-26-21-15-6-7-17(18(20)13-15)19(24)23-10-8-22(9-11-23)14-16-5-3-4-12-25-16/h6-7,13,16,21H,2-5,8-12,14H2,1H3. The number of carbonyl (C=O) groups excluding carboxylic acids is 1. The fourth-order valence-corrected chi connectivity index (χ4v) is 4.15. The summed E-state index contributed by atoms with van der Waals surface area (Å²) in [5.41, 5.74) is 1.51. The summed E-state index contributed by atoms with van der Waals surface area (Å²) < 4.78 is 9.05. The van der Waals surface area contributed by atoms with E-state index in [-0.39, 0.29) is 5.91 Å². The maximum absolute atomic E-state index is 12.8. The number of hydrogen-bond donors (Lipinski definition) is 1. The summed E-state index contributed by atoms with van der Waals surface area (Å²) in [5, 5.41) is 0.509. The summed E-state index contributed by atoms with van der Waals surface area (Å²) in [7, 11) is 0. The zero-order chi connectivity index (χ0) is 18.4. The maximum atomic E-state index is 12.8. The number of anilines is 1. The highest BCUT2D eigenvalue weighted by Crippen LogP contribution is 2.24. The molecule has 3 rings (SSSR count). The molecular weight excluding hydrogens is 370 g/mol. The average molecular weight is 398 g/mol. The Morgan fingerprint density at radius 1 is 1.31 bits per heavy atom. The predicted molar refractivity (Wildman–Crippen MR) is 109 cm³/mol. The van der Waals surface area contributed by atoms with Crippen molar-refractivity contribution in [2.75, 3.05) is 49.8 Å². The normalized spacial score (nSPS) is 21.6. The van der Waals surface area contributed by atoms with Crippen molar-refractivity contribution < 1.29 is 9.53 Å². The van der Waals surface area contributed by atoms with E-state index >= 15 is 0 Å². The Bertz CT molecular complexity index is 602. The third-order valence-electron chi connectivity index (χ3n) is 4.93. The van der Waals surface area contributed by atoms with Crippen molar-refractivity contribution in [3.05, 3.63) is 28.8 Å². The second kappa shape index (κ2) is 9.83. The van der Waals surface area contributed by atoms with Crippen molar-refractivity contribution in [1.82, 2.24) is 9.80 Å². The van der Waals surface area contributed by atoms with Gasteiger partial charge in [-0.3, -0.25) is 9.69 Å². The molecule has 0 bridgehead atoms. The second-order valence-electron chi connectivity index (χ2n) is 6.81. The molecule has 1 aromatic carbocycles. The number of rotatable bonds is 6. The molecule has 2 aliphatic rings. The van der Waals surface area contributed by atoms with Crippen LogP contribution in [0.25, 0.3) is 0 Å². The number of halogens is 1. The predicted octanol–water partition coefficient (Wildman–Crippen LogP) is 3.75. The van der Waals surface area contributed by atoms with Crippen LogP contribution < -0.4 is 4.72 Å². The highest BCUT2D eigenvalue weighted by Gasteiger charge is 2.25. The fraction of sp³-hybridized carbons (Fsp3) is 0.632. The van der Waals surface area contributed by atoms with Gasteiger partial charge in [0.2, 0.25) is 0 Å². The first-order chi connectivity index (χ1) is 12.7. The summed E-state index contributed by atoms with van der Waals surface area (Å²) in [6, 6.07) is 5.57. The first-order valence-electron chi connectivity index (χ1n) is 9.48. The second-order valence-corrected chi connectivity index (χ2v) is 8.29. The Morgan fingerprint density at radius 3 is 2.77 bits per heavy atom. The number of hydrogen-bond acceptors (Lipinski definition) is 5. The van der Waals surface area contributed by atoms with Gasteiger partial charge in [-0.2, -0.15) is 0 Å². The molecule has 1 atom stereocenters. The van der Waals surface area contributed by atoms with E-state index in [9.17, 15) is 4.79 Å². The lowest BCUT2D eigenvalue weighted by Crippen LogP contribution is -2.50. The number of benzene rings is 1. The van der Waals surface area contributed by atoms with Crippen LogP contribution in [-0.2, 0) is 4.74 Å². The van der Waals surface area contributed by atoms with E-state index in [0.717, 1.165) is 57.2 Å². The summed E-state index contributed by atoms with van der Waals surface area (Å²) in [6.45, 7) is 7.24. The zero-order valence-electron chi connectivity index (χ0n) is 15.4. The lowest BCUT2D eigenvalue weighted by Gasteiger charge is -2.37. The van der Waals surface area contributed by atoms with Gasteiger partial charge < -0.3 is 14.4 Å². The summed E-state index contributed by atoms with van der Waals surface area (Å²) in [6.07, 6.45) is 3.97. The van der Waals surface area contributed by atoms with Gasteiger partial charge in [0.1, 0.15) is 0 Å². The number of ether oxygens (including phenoxy) is 1. The third-order valence-corrected chi connectivity index (χ3v) is 5.91. The molecule has 2 saturated heterocycles. The van der Waals surface area contributed by atoms with Gasteiger partial charge >= 0.3 is 0 Å². The van der Waals surface area contributed by atoms with Crippen LogP contribution in [0.1, 0.15) is 36.5 Å². The molecular formula is C19H28ClN3O2S. The lowest BCUT2D eigenvalue weighted by molar-refractivity contribution is -0.0130.